The van der Waals surface area contributed by atoms with Crippen LogP contribution in [0.3, 0.4) is 0 Å². The van der Waals surface area contributed by atoms with Gasteiger partial charge in [0, 0.05) is 11.0 Å². The summed E-state index contributed by atoms with van der Waals surface area (Å²) < 4.78 is 1.09. The van der Waals surface area contributed by atoms with Gasteiger partial charge in [-0.15, -0.1) is 5.10 Å². The number of rotatable bonds is 3. The largest absolute Gasteiger partial charge is 0.364 e. The average molecular weight is 306 g/mol. The maximum atomic E-state index is 4.13. The lowest BCUT2D eigenvalue weighted by Gasteiger charge is -2.09. The van der Waals surface area contributed by atoms with E-state index in [1.807, 2.05) is 19.9 Å². The minimum atomic E-state index is 0.752. The van der Waals surface area contributed by atoms with Crippen LogP contribution < -0.4 is 5.32 Å². The summed E-state index contributed by atoms with van der Waals surface area (Å²) in [7, 11) is 0. The van der Waals surface area contributed by atoms with E-state index in [9.17, 15) is 0 Å². The Morgan fingerprint density at radius 2 is 1.83 bits per heavy atom. The molecule has 2 rings (SSSR count). The highest BCUT2D eigenvalue weighted by Crippen LogP contribution is 2.17. The number of hydrogen-bond donors (Lipinski definition) is 1. The number of hydrogen-bond acceptors (Lipinski definition) is 3. The number of nitrogens with zero attached hydrogens (tertiary/aromatic N) is 2. The van der Waals surface area contributed by atoms with Gasteiger partial charge in [0.2, 0.25) is 0 Å². The van der Waals surface area contributed by atoms with Crippen LogP contribution in [0.2, 0.25) is 0 Å². The lowest BCUT2D eigenvalue weighted by atomic mass is 10.1. The maximum absolute atomic E-state index is 4.13. The first-order chi connectivity index (χ1) is 8.56. The Kier molecular flexibility index (Phi) is 3.97. The van der Waals surface area contributed by atoms with Gasteiger partial charge in [-0.05, 0) is 55.7 Å². The molecule has 3 nitrogen and oxygen atoms in total. The fourth-order valence-corrected chi connectivity index (χ4v) is 2.06. The quantitative estimate of drug-likeness (QED) is 0.938. The Balaban J connectivity index is 2.11. The van der Waals surface area contributed by atoms with Crippen molar-refractivity contribution in [2.75, 3.05) is 5.32 Å². The van der Waals surface area contributed by atoms with Gasteiger partial charge in [0.25, 0.3) is 0 Å². The molecule has 0 spiro atoms. The SMILES string of the molecule is Cc1ccc(Br)cc1CNc1cc(C)c(C)nn1. The van der Waals surface area contributed by atoms with Crippen LogP contribution in [-0.2, 0) is 6.54 Å². The van der Waals surface area contributed by atoms with Crippen molar-refractivity contribution in [1.82, 2.24) is 10.2 Å². The van der Waals surface area contributed by atoms with E-state index >= 15 is 0 Å². The van der Waals surface area contributed by atoms with Gasteiger partial charge in [0.05, 0.1) is 5.69 Å². The highest BCUT2D eigenvalue weighted by Gasteiger charge is 2.02. The second kappa shape index (κ2) is 5.48. The molecule has 0 bridgehead atoms. The summed E-state index contributed by atoms with van der Waals surface area (Å²) in [6, 6.07) is 8.30. The number of nitrogens with one attached hydrogen (secondary N) is 1. The number of anilines is 1. The smallest absolute Gasteiger partial charge is 0.149 e. The molecule has 0 amide bonds. The van der Waals surface area contributed by atoms with Gasteiger partial charge >= 0.3 is 0 Å². The van der Waals surface area contributed by atoms with Crippen molar-refractivity contribution in [3.63, 3.8) is 0 Å². The summed E-state index contributed by atoms with van der Waals surface area (Å²) in [5.74, 6) is 0.817. The molecule has 0 fully saturated rings. The molecule has 0 unspecified atom stereocenters. The Bertz CT molecular complexity index is 567. The standard InChI is InChI=1S/C14H16BrN3/c1-9-4-5-13(15)7-12(9)8-16-14-6-10(2)11(3)17-18-14/h4-7H,8H2,1-3H3,(H,16,18). The monoisotopic (exact) mass is 305 g/mol. The molecule has 0 aliphatic rings. The van der Waals surface area contributed by atoms with E-state index in [0.717, 1.165) is 28.1 Å². The molecule has 0 atom stereocenters. The summed E-state index contributed by atoms with van der Waals surface area (Å²) >= 11 is 3.49. The Labute approximate surface area is 116 Å². The van der Waals surface area contributed by atoms with Crippen molar-refractivity contribution in [3.8, 4) is 0 Å². The lowest BCUT2D eigenvalue weighted by molar-refractivity contribution is 0.945. The molecular formula is C14H16BrN3. The molecule has 1 N–H and O–H groups in total. The van der Waals surface area contributed by atoms with Crippen molar-refractivity contribution in [3.05, 3.63) is 51.1 Å². The zero-order valence-corrected chi connectivity index (χ0v) is 12.4. The molecule has 0 aliphatic heterocycles. The number of aromatic nitrogens is 2. The predicted molar refractivity (Wildman–Crippen MR) is 77.7 cm³/mol. The van der Waals surface area contributed by atoms with Crippen molar-refractivity contribution in [2.45, 2.75) is 27.3 Å². The fourth-order valence-electron chi connectivity index (χ4n) is 1.65. The lowest BCUT2D eigenvalue weighted by Crippen LogP contribution is -2.05. The van der Waals surface area contributed by atoms with E-state index in [0.29, 0.717) is 0 Å². The Morgan fingerprint density at radius 1 is 1.06 bits per heavy atom. The number of benzene rings is 1. The van der Waals surface area contributed by atoms with Gasteiger partial charge in [0.1, 0.15) is 5.82 Å². The van der Waals surface area contributed by atoms with Crippen molar-refractivity contribution < 1.29 is 0 Å². The first-order valence-corrected chi connectivity index (χ1v) is 6.65. The fraction of sp³-hybridized carbons (Fsp3) is 0.286. The summed E-state index contributed by atoms with van der Waals surface area (Å²) in [5.41, 5.74) is 4.64. The molecule has 1 aromatic carbocycles. The predicted octanol–water partition coefficient (Wildman–Crippen LogP) is 3.78. The molecule has 2 aromatic rings. The van der Waals surface area contributed by atoms with Gasteiger partial charge in [-0.1, -0.05) is 22.0 Å². The van der Waals surface area contributed by atoms with Crippen LogP contribution in [0.15, 0.2) is 28.7 Å². The summed E-state index contributed by atoms with van der Waals surface area (Å²) in [5, 5.41) is 11.5. The van der Waals surface area contributed by atoms with Gasteiger partial charge in [-0.3, -0.25) is 0 Å². The maximum Gasteiger partial charge on any atom is 0.149 e. The average Bonchev–Trinajstić information content (AvgIpc) is 2.34. The summed E-state index contributed by atoms with van der Waals surface area (Å²) in [4.78, 5) is 0. The van der Waals surface area contributed by atoms with Crippen LogP contribution in [-0.4, -0.2) is 10.2 Å². The van der Waals surface area contributed by atoms with E-state index in [4.69, 9.17) is 0 Å². The molecule has 0 saturated carbocycles. The van der Waals surface area contributed by atoms with E-state index in [-0.39, 0.29) is 0 Å². The van der Waals surface area contributed by atoms with Crippen molar-refractivity contribution >= 4 is 21.7 Å². The zero-order valence-electron chi connectivity index (χ0n) is 10.8. The third-order valence-electron chi connectivity index (χ3n) is 3.00. The molecule has 0 radical (unpaired) electrons. The van der Waals surface area contributed by atoms with Gasteiger partial charge in [-0.25, -0.2) is 0 Å². The molecule has 1 aromatic heterocycles. The topological polar surface area (TPSA) is 37.8 Å². The van der Waals surface area contributed by atoms with Crippen LogP contribution in [0.1, 0.15) is 22.4 Å². The first-order valence-electron chi connectivity index (χ1n) is 5.86. The molecule has 94 valence electrons. The first kappa shape index (κ1) is 13.0. The van der Waals surface area contributed by atoms with E-state index < -0.39 is 0 Å². The molecule has 18 heavy (non-hydrogen) atoms. The molecule has 4 heteroatoms. The van der Waals surface area contributed by atoms with Gasteiger partial charge < -0.3 is 5.32 Å². The number of aryl methyl sites for hydroxylation is 3. The molecule has 0 aliphatic carbocycles. The van der Waals surface area contributed by atoms with Crippen molar-refractivity contribution in [2.24, 2.45) is 0 Å². The molecule has 1 heterocycles. The zero-order chi connectivity index (χ0) is 13.1. The Hall–Kier alpha value is -1.42. The molecular weight excluding hydrogens is 290 g/mol. The minimum Gasteiger partial charge on any atom is -0.364 e. The second-order valence-corrected chi connectivity index (χ2v) is 5.34. The van der Waals surface area contributed by atoms with Crippen LogP contribution in [0.4, 0.5) is 5.82 Å². The van der Waals surface area contributed by atoms with E-state index in [1.165, 1.54) is 11.1 Å². The number of halogens is 1. The highest BCUT2D eigenvalue weighted by atomic mass is 79.9. The minimum absolute atomic E-state index is 0.752. The third-order valence-corrected chi connectivity index (χ3v) is 3.50. The van der Waals surface area contributed by atoms with E-state index in [2.05, 4.69) is 56.6 Å². The Morgan fingerprint density at radius 3 is 2.56 bits per heavy atom. The van der Waals surface area contributed by atoms with Crippen LogP contribution in [0, 0.1) is 20.8 Å². The van der Waals surface area contributed by atoms with Gasteiger partial charge in [0.15, 0.2) is 0 Å². The normalized spacial score (nSPS) is 10.4. The van der Waals surface area contributed by atoms with Crippen LogP contribution >= 0.6 is 15.9 Å². The van der Waals surface area contributed by atoms with Crippen LogP contribution in [0.25, 0.3) is 0 Å². The highest BCUT2D eigenvalue weighted by molar-refractivity contribution is 9.10. The summed E-state index contributed by atoms with van der Waals surface area (Å²) in [6.07, 6.45) is 0. The van der Waals surface area contributed by atoms with Crippen LogP contribution in [0.5, 0.6) is 0 Å². The third kappa shape index (κ3) is 3.07. The summed E-state index contributed by atoms with van der Waals surface area (Å²) in [6.45, 7) is 6.86. The molecule has 0 saturated heterocycles. The second-order valence-electron chi connectivity index (χ2n) is 4.42. The van der Waals surface area contributed by atoms with E-state index in [1.54, 1.807) is 0 Å². The van der Waals surface area contributed by atoms with Gasteiger partial charge in [-0.2, -0.15) is 5.10 Å². The van der Waals surface area contributed by atoms with Crippen molar-refractivity contribution in [1.29, 1.82) is 0 Å².